The Labute approximate surface area is 83.7 Å². The van der Waals surface area contributed by atoms with Crippen molar-refractivity contribution in [3.05, 3.63) is 0 Å². The molecule has 0 aliphatic carbocycles. The van der Waals surface area contributed by atoms with E-state index in [1.807, 2.05) is 6.92 Å². The number of hydrogen-bond acceptors (Lipinski definition) is 1. The second kappa shape index (κ2) is 8.08. The third-order valence-corrected chi connectivity index (χ3v) is 10.5. The van der Waals surface area contributed by atoms with Crippen molar-refractivity contribution in [1.82, 2.24) is 0 Å². The molecule has 12 heavy (non-hydrogen) atoms. The van der Waals surface area contributed by atoms with E-state index in [1.54, 1.807) is 0 Å². The molecule has 0 bridgehead atoms. The van der Waals surface area contributed by atoms with Gasteiger partial charge in [0.25, 0.3) is 0 Å². The Morgan fingerprint density at radius 1 is 1.08 bits per heavy atom. The van der Waals surface area contributed by atoms with Crippen LogP contribution in [0.25, 0.3) is 0 Å². The molecule has 2 heteroatoms. The van der Waals surface area contributed by atoms with Crippen LogP contribution in [0.4, 0.5) is 0 Å². The molecule has 0 aromatic heterocycles. The molecule has 0 atom stereocenters. The molecule has 1 radical (unpaired) electrons. The molecular weight excluding hydrogens is 255 g/mol. The molecule has 0 aliphatic heterocycles. The van der Waals surface area contributed by atoms with Crippen molar-refractivity contribution >= 4 is 23.6 Å². The van der Waals surface area contributed by atoms with E-state index in [2.05, 4.69) is 13.8 Å². The molecule has 0 unspecified atom stereocenters. The summed E-state index contributed by atoms with van der Waals surface area (Å²) >= 11 is -1.54. The van der Waals surface area contributed by atoms with Gasteiger partial charge in [-0.05, 0) is 0 Å². The zero-order valence-electron chi connectivity index (χ0n) is 8.65. The molecule has 1 nitrogen and oxygen atoms in total. The molecule has 0 heterocycles. The Balaban J connectivity index is 3.62. The summed E-state index contributed by atoms with van der Waals surface area (Å²) in [5.74, 6) is 0. The average molecular weight is 276 g/mol. The van der Waals surface area contributed by atoms with Gasteiger partial charge in [-0.2, -0.15) is 0 Å². The molecule has 0 N–H and O–H groups in total. The first kappa shape index (κ1) is 12.5. The molecule has 0 amide bonds. The molecule has 0 fully saturated rings. The molecule has 0 saturated heterocycles. The van der Waals surface area contributed by atoms with E-state index in [0.717, 1.165) is 0 Å². The Morgan fingerprint density at radius 2 is 1.50 bits per heavy atom. The predicted octanol–water partition coefficient (Wildman–Crippen LogP) is 3.21. The van der Waals surface area contributed by atoms with Gasteiger partial charge in [0, 0.05) is 0 Å². The SMILES string of the molecule is CCC[CH2][Sn]([CH2]CCC)[C](C)=O. The van der Waals surface area contributed by atoms with Crippen LogP contribution in [0.1, 0.15) is 46.5 Å². The first-order chi connectivity index (χ1) is 5.72. The minimum atomic E-state index is -1.54. The summed E-state index contributed by atoms with van der Waals surface area (Å²) in [5.41, 5.74) is 0. The Bertz CT molecular complexity index is 115. The molecule has 0 aromatic carbocycles. The molecule has 0 aliphatic rings. The van der Waals surface area contributed by atoms with Crippen molar-refractivity contribution in [2.45, 2.75) is 55.3 Å². The van der Waals surface area contributed by atoms with Gasteiger partial charge in [-0.15, -0.1) is 0 Å². The molecule has 0 aromatic rings. The fraction of sp³-hybridized carbons (Fsp3) is 0.900. The van der Waals surface area contributed by atoms with Crippen molar-refractivity contribution < 1.29 is 4.79 Å². The van der Waals surface area contributed by atoms with Gasteiger partial charge in [0.1, 0.15) is 0 Å². The normalized spacial score (nSPS) is 10.7. The first-order valence-electron chi connectivity index (χ1n) is 5.08. The van der Waals surface area contributed by atoms with E-state index in [4.69, 9.17) is 0 Å². The standard InChI is InChI=1S/2C4H9.C2H3O.Sn/c2*1-3-4-2;1-2-3;/h2*1,3-4H2,2H3;1H3;. The van der Waals surface area contributed by atoms with Gasteiger partial charge in [0.15, 0.2) is 0 Å². The molecule has 0 spiro atoms. The molecule has 0 saturated carbocycles. The number of unbranched alkanes of at least 4 members (excludes halogenated alkanes) is 2. The predicted molar refractivity (Wildman–Crippen MR) is 55.9 cm³/mol. The van der Waals surface area contributed by atoms with Crippen LogP contribution in [-0.2, 0) is 4.79 Å². The fourth-order valence-corrected chi connectivity index (χ4v) is 8.43. The van der Waals surface area contributed by atoms with Crippen molar-refractivity contribution in [3.63, 3.8) is 0 Å². The average Bonchev–Trinajstić information content (AvgIpc) is 2.04. The van der Waals surface area contributed by atoms with Crippen molar-refractivity contribution in [2.24, 2.45) is 0 Å². The van der Waals surface area contributed by atoms with E-state index >= 15 is 0 Å². The van der Waals surface area contributed by atoms with Gasteiger partial charge in [-0.1, -0.05) is 0 Å². The van der Waals surface area contributed by atoms with E-state index in [1.165, 1.54) is 34.6 Å². The third-order valence-electron chi connectivity index (χ3n) is 2.16. The zero-order valence-corrected chi connectivity index (χ0v) is 11.5. The van der Waals surface area contributed by atoms with E-state index < -0.39 is 19.8 Å². The first-order valence-corrected chi connectivity index (χ1v) is 10.5. The van der Waals surface area contributed by atoms with Crippen molar-refractivity contribution in [3.8, 4) is 0 Å². The summed E-state index contributed by atoms with van der Waals surface area (Å²) in [4.78, 5) is 11.2. The molecule has 71 valence electrons. The van der Waals surface area contributed by atoms with Gasteiger partial charge in [-0.25, -0.2) is 0 Å². The van der Waals surface area contributed by atoms with Crippen LogP contribution in [-0.4, -0.2) is 23.6 Å². The van der Waals surface area contributed by atoms with E-state index in [-0.39, 0.29) is 0 Å². The summed E-state index contributed by atoms with van der Waals surface area (Å²) in [5, 5.41) is 0. The summed E-state index contributed by atoms with van der Waals surface area (Å²) in [7, 11) is 0. The number of rotatable bonds is 7. The van der Waals surface area contributed by atoms with Crippen LogP contribution in [0.15, 0.2) is 0 Å². The summed E-state index contributed by atoms with van der Waals surface area (Å²) in [6.45, 7) is 6.24. The van der Waals surface area contributed by atoms with E-state index in [9.17, 15) is 4.79 Å². The summed E-state index contributed by atoms with van der Waals surface area (Å²) in [6.07, 6.45) is 5.09. The minimum absolute atomic E-state index is 0.583. The van der Waals surface area contributed by atoms with Crippen LogP contribution in [0, 0.1) is 0 Å². The number of carbonyl (C=O) groups is 1. The molecule has 0 rings (SSSR count). The van der Waals surface area contributed by atoms with Crippen LogP contribution in [0.5, 0.6) is 0 Å². The topological polar surface area (TPSA) is 17.1 Å². The van der Waals surface area contributed by atoms with Gasteiger partial charge in [-0.3, -0.25) is 0 Å². The van der Waals surface area contributed by atoms with Crippen LogP contribution in [0.2, 0.25) is 8.87 Å². The van der Waals surface area contributed by atoms with E-state index in [0.29, 0.717) is 3.80 Å². The summed E-state index contributed by atoms with van der Waals surface area (Å²) in [6, 6.07) is 0. The second-order valence-electron chi connectivity index (χ2n) is 3.37. The Hall–Kier alpha value is 0.469. The van der Waals surface area contributed by atoms with Gasteiger partial charge < -0.3 is 0 Å². The quantitative estimate of drug-likeness (QED) is 0.652. The zero-order chi connectivity index (χ0) is 9.40. The monoisotopic (exact) mass is 277 g/mol. The maximum atomic E-state index is 11.2. The second-order valence-corrected chi connectivity index (χ2v) is 11.7. The molecular formula is C10H21OSn. The van der Waals surface area contributed by atoms with Gasteiger partial charge in [0.05, 0.1) is 0 Å². The number of carbonyl (C=O) groups excluding carboxylic acids is 1. The Kier molecular flexibility index (Phi) is 8.40. The Morgan fingerprint density at radius 3 is 1.75 bits per heavy atom. The summed E-state index contributed by atoms with van der Waals surface area (Å²) < 4.78 is 3.18. The number of hydrogen-bond donors (Lipinski definition) is 0. The maximum absolute atomic E-state index is 11.2. The third kappa shape index (κ3) is 6.04. The van der Waals surface area contributed by atoms with Crippen LogP contribution < -0.4 is 0 Å². The van der Waals surface area contributed by atoms with Gasteiger partial charge >= 0.3 is 83.7 Å². The fourth-order valence-electron chi connectivity index (χ4n) is 1.26. The van der Waals surface area contributed by atoms with Gasteiger partial charge in [0.2, 0.25) is 0 Å². The van der Waals surface area contributed by atoms with Crippen LogP contribution in [0.3, 0.4) is 0 Å². The van der Waals surface area contributed by atoms with Crippen molar-refractivity contribution in [1.29, 1.82) is 0 Å². The van der Waals surface area contributed by atoms with Crippen LogP contribution >= 0.6 is 0 Å². The van der Waals surface area contributed by atoms with Crippen molar-refractivity contribution in [2.75, 3.05) is 0 Å².